The van der Waals surface area contributed by atoms with Gasteiger partial charge in [-0.15, -0.1) is 0 Å². The van der Waals surface area contributed by atoms with Crippen LogP contribution in [0.4, 0.5) is 5.69 Å². The molecule has 7 nitrogen and oxygen atoms in total. The Morgan fingerprint density at radius 2 is 1.63 bits per heavy atom. The zero-order valence-corrected chi connectivity index (χ0v) is 17.0. The van der Waals surface area contributed by atoms with Crippen LogP contribution in [0.25, 0.3) is 0 Å². The first kappa shape index (κ1) is 19.2. The van der Waals surface area contributed by atoms with Crippen LogP contribution in [-0.2, 0) is 20.0 Å². The maximum atomic E-state index is 12.9. The third kappa shape index (κ3) is 3.74. The van der Waals surface area contributed by atoms with Gasteiger partial charge >= 0.3 is 0 Å². The van der Waals surface area contributed by atoms with Crippen molar-refractivity contribution in [1.29, 1.82) is 0 Å². The van der Waals surface area contributed by atoms with Gasteiger partial charge in [-0.25, -0.2) is 16.8 Å². The fraction of sp³-hybridized carbons (Fsp3) is 0.667. The van der Waals surface area contributed by atoms with Crippen LogP contribution < -0.4 is 10.0 Å². The Morgan fingerprint density at radius 3 is 2.33 bits per heavy atom. The Hall–Kier alpha value is -1.16. The van der Waals surface area contributed by atoms with E-state index in [1.165, 1.54) is 22.9 Å². The number of rotatable bonds is 3. The molecule has 1 aliphatic carbocycles. The minimum absolute atomic E-state index is 0.0210. The number of nitrogens with zero attached hydrogens (tertiary/aromatic N) is 1. The van der Waals surface area contributed by atoms with Gasteiger partial charge in [0.2, 0.25) is 20.0 Å². The minimum atomic E-state index is -3.75. The van der Waals surface area contributed by atoms with Crippen LogP contribution in [0.3, 0.4) is 0 Å². The number of nitrogens with one attached hydrogen (secondary N) is 2. The number of hydrogen-bond acceptors (Lipinski definition) is 5. The van der Waals surface area contributed by atoms with Gasteiger partial charge in [-0.2, -0.15) is 9.03 Å². The van der Waals surface area contributed by atoms with Gasteiger partial charge in [0.15, 0.2) is 0 Å². The van der Waals surface area contributed by atoms with E-state index in [0.29, 0.717) is 18.8 Å². The van der Waals surface area contributed by atoms with Gasteiger partial charge < -0.3 is 5.32 Å². The fourth-order valence-electron chi connectivity index (χ4n) is 4.37. The lowest BCUT2D eigenvalue weighted by atomic mass is 9.87. The molecule has 2 fully saturated rings. The molecule has 0 amide bonds. The van der Waals surface area contributed by atoms with E-state index in [-0.39, 0.29) is 21.9 Å². The summed E-state index contributed by atoms with van der Waals surface area (Å²) >= 11 is 0. The first-order chi connectivity index (χ1) is 12.9. The van der Waals surface area contributed by atoms with E-state index in [1.54, 1.807) is 6.07 Å². The molecule has 1 saturated carbocycles. The van der Waals surface area contributed by atoms with Crippen molar-refractivity contribution in [3.8, 4) is 0 Å². The highest BCUT2D eigenvalue weighted by atomic mass is 32.2. The monoisotopic (exact) mass is 413 g/mol. The van der Waals surface area contributed by atoms with E-state index in [9.17, 15) is 16.8 Å². The van der Waals surface area contributed by atoms with Gasteiger partial charge in [-0.3, -0.25) is 0 Å². The number of sulfonamides is 2. The molecule has 4 rings (SSSR count). The highest BCUT2D eigenvalue weighted by Gasteiger charge is 2.36. The third-order valence-corrected chi connectivity index (χ3v) is 9.29. The standard InChI is InChI=1S/C18H27N3O4S2/c22-26(23)17-13-15(27(24,25)21-11-5-2-6-12-21)9-10-16(17)19-18(20-26)14-7-3-1-4-8-14/h9-10,13-14,18-20H,1-8,11-12H2. The average Bonchev–Trinajstić information content (AvgIpc) is 2.68. The van der Waals surface area contributed by atoms with Gasteiger partial charge in [0, 0.05) is 13.1 Å². The quantitative estimate of drug-likeness (QED) is 0.794. The van der Waals surface area contributed by atoms with Crippen LogP contribution in [0, 0.1) is 5.92 Å². The van der Waals surface area contributed by atoms with Crippen molar-refractivity contribution in [2.45, 2.75) is 67.3 Å². The van der Waals surface area contributed by atoms with Gasteiger partial charge in [0.25, 0.3) is 0 Å². The maximum Gasteiger partial charge on any atom is 0.244 e. The molecule has 2 N–H and O–H groups in total. The molecule has 1 saturated heterocycles. The Labute approximate surface area is 161 Å². The molecule has 9 heteroatoms. The third-order valence-electron chi connectivity index (χ3n) is 5.91. The van der Waals surface area contributed by atoms with Gasteiger partial charge in [-0.1, -0.05) is 25.7 Å². The number of anilines is 1. The Balaban J connectivity index is 1.64. The smallest absolute Gasteiger partial charge is 0.244 e. The molecule has 3 aliphatic rings. The van der Waals surface area contributed by atoms with Crippen molar-refractivity contribution < 1.29 is 16.8 Å². The van der Waals surface area contributed by atoms with Crippen LogP contribution in [0.2, 0.25) is 0 Å². The Bertz CT molecular complexity index is 903. The van der Waals surface area contributed by atoms with Gasteiger partial charge in [0.1, 0.15) is 4.90 Å². The molecule has 2 aliphatic heterocycles. The molecule has 0 radical (unpaired) electrons. The highest BCUT2D eigenvalue weighted by Crippen LogP contribution is 2.35. The molecule has 0 spiro atoms. The molecule has 1 atom stereocenters. The molecule has 1 aromatic rings. The van der Waals surface area contributed by atoms with E-state index in [2.05, 4.69) is 10.0 Å². The number of fused-ring (bicyclic) bond motifs is 1. The van der Waals surface area contributed by atoms with E-state index >= 15 is 0 Å². The largest absolute Gasteiger partial charge is 0.368 e. The molecule has 2 heterocycles. The number of benzene rings is 1. The van der Waals surface area contributed by atoms with Crippen molar-refractivity contribution in [2.24, 2.45) is 5.92 Å². The van der Waals surface area contributed by atoms with E-state index in [0.717, 1.165) is 44.9 Å². The van der Waals surface area contributed by atoms with Crippen molar-refractivity contribution in [3.05, 3.63) is 18.2 Å². The maximum absolute atomic E-state index is 12.9. The predicted molar refractivity (Wildman–Crippen MR) is 103 cm³/mol. The van der Waals surface area contributed by atoms with Gasteiger partial charge in [0.05, 0.1) is 16.7 Å². The molecule has 27 heavy (non-hydrogen) atoms. The zero-order valence-electron chi connectivity index (χ0n) is 15.4. The normalized spacial score (nSPS) is 26.9. The van der Waals surface area contributed by atoms with Crippen molar-refractivity contribution >= 4 is 25.7 Å². The summed E-state index contributed by atoms with van der Waals surface area (Å²) in [6, 6.07) is 4.42. The lowest BCUT2D eigenvalue weighted by molar-refractivity contribution is 0.306. The summed E-state index contributed by atoms with van der Waals surface area (Å²) in [5.41, 5.74) is 0.488. The fourth-order valence-corrected chi connectivity index (χ4v) is 7.40. The molecular weight excluding hydrogens is 386 g/mol. The summed E-state index contributed by atoms with van der Waals surface area (Å²) in [5.74, 6) is 0.262. The second-order valence-corrected chi connectivity index (χ2v) is 11.4. The average molecular weight is 414 g/mol. The predicted octanol–water partition coefficient (Wildman–Crippen LogP) is 2.47. The molecule has 0 bridgehead atoms. The highest BCUT2D eigenvalue weighted by molar-refractivity contribution is 7.90. The summed E-state index contributed by atoms with van der Waals surface area (Å²) in [4.78, 5) is 0.0686. The van der Waals surface area contributed by atoms with Crippen LogP contribution in [-0.4, -0.2) is 40.4 Å². The first-order valence-corrected chi connectivity index (χ1v) is 12.7. The molecule has 0 aromatic heterocycles. The number of hydrogen-bond donors (Lipinski definition) is 2. The first-order valence-electron chi connectivity index (χ1n) is 9.81. The summed E-state index contributed by atoms with van der Waals surface area (Å²) in [6.07, 6.45) is 7.81. The summed E-state index contributed by atoms with van der Waals surface area (Å²) in [6.45, 7) is 0.985. The van der Waals surface area contributed by atoms with Crippen molar-refractivity contribution in [3.63, 3.8) is 0 Å². The molecule has 150 valence electrons. The van der Waals surface area contributed by atoms with Crippen LogP contribution >= 0.6 is 0 Å². The zero-order chi connectivity index (χ0) is 19.1. The second kappa shape index (κ2) is 7.35. The summed E-state index contributed by atoms with van der Waals surface area (Å²) in [5, 5.41) is 3.28. The summed E-state index contributed by atoms with van der Waals surface area (Å²) in [7, 11) is -7.42. The molecule has 1 aromatic carbocycles. The van der Waals surface area contributed by atoms with Crippen LogP contribution in [0.5, 0.6) is 0 Å². The minimum Gasteiger partial charge on any atom is -0.368 e. The second-order valence-electron chi connectivity index (χ2n) is 7.76. The van der Waals surface area contributed by atoms with Gasteiger partial charge in [-0.05, 0) is 49.8 Å². The van der Waals surface area contributed by atoms with Crippen LogP contribution in [0.1, 0.15) is 51.4 Å². The topological polar surface area (TPSA) is 95.6 Å². The molecule has 1 unspecified atom stereocenters. The van der Waals surface area contributed by atoms with E-state index < -0.39 is 20.0 Å². The Morgan fingerprint density at radius 1 is 0.963 bits per heavy atom. The summed E-state index contributed by atoms with van der Waals surface area (Å²) < 4.78 is 55.6. The van der Waals surface area contributed by atoms with Crippen LogP contribution in [0.15, 0.2) is 28.0 Å². The van der Waals surface area contributed by atoms with Crippen molar-refractivity contribution in [1.82, 2.24) is 9.03 Å². The van der Waals surface area contributed by atoms with E-state index in [1.807, 2.05) is 0 Å². The van der Waals surface area contributed by atoms with Crippen molar-refractivity contribution in [2.75, 3.05) is 18.4 Å². The number of piperidine rings is 1. The lowest BCUT2D eigenvalue weighted by Gasteiger charge is -2.35. The molecular formula is C18H27N3O4S2. The lowest BCUT2D eigenvalue weighted by Crippen LogP contribution is -2.49. The Kier molecular flexibility index (Phi) is 5.22. The SMILES string of the molecule is O=S1(=O)NC(C2CCCCC2)Nc2ccc(S(=O)(=O)N3CCCCC3)cc21. The van der Waals surface area contributed by atoms with E-state index in [4.69, 9.17) is 0 Å².